The second-order valence-corrected chi connectivity index (χ2v) is 30.3. The Morgan fingerprint density at radius 2 is 0.475 bits per heavy atom. The van der Waals surface area contributed by atoms with E-state index in [1.807, 2.05) is 39.8 Å². The van der Waals surface area contributed by atoms with Crippen molar-refractivity contribution < 1.29 is 169 Å². The number of hydrogen-bond acceptors (Lipinski definition) is 18. The molecule has 0 spiro atoms. The number of sulfonamides is 4. The summed E-state index contributed by atoms with van der Waals surface area (Å²) in [6, 6.07) is 86.8. The number of hydrogen-bond donors (Lipinski definition) is 2. The molecule has 118 heavy (non-hydrogen) atoms. The van der Waals surface area contributed by atoms with Gasteiger partial charge in [-0.05, 0) is 134 Å². The van der Waals surface area contributed by atoms with Crippen molar-refractivity contribution in [3.05, 3.63) is 401 Å². The van der Waals surface area contributed by atoms with E-state index < -0.39 is 51.9 Å². The van der Waals surface area contributed by atoms with E-state index in [0.717, 1.165) is 22.3 Å². The summed E-state index contributed by atoms with van der Waals surface area (Å²) >= 11 is 0. The van der Waals surface area contributed by atoms with E-state index in [4.69, 9.17) is 0 Å². The van der Waals surface area contributed by atoms with Gasteiger partial charge in [0.1, 0.15) is 40.1 Å². The number of benzene rings is 12. The Labute approximate surface area is 761 Å². The van der Waals surface area contributed by atoms with Crippen molar-refractivity contribution >= 4 is 111 Å². The smallest absolute Gasteiger partial charge is 0.857 e. The van der Waals surface area contributed by atoms with E-state index in [-0.39, 0.29) is 170 Å². The quantitative estimate of drug-likeness (QED) is 0.0324. The van der Waals surface area contributed by atoms with Crippen molar-refractivity contribution in [2.45, 2.75) is 47.3 Å². The van der Waals surface area contributed by atoms with Crippen LogP contribution in [0.5, 0.6) is 0 Å². The molecule has 0 aliphatic rings. The van der Waals surface area contributed by atoms with Crippen LogP contribution in [0, 0.1) is 122 Å². The van der Waals surface area contributed by atoms with Gasteiger partial charge in [0.05, 0.1) is 44.4 Å². The van der Waals surface area contributed by atoms with Crippen molar-refractivity contribution in [2.24, 2.45) is 30.6 Å². The van der Waals surface area contributed by atoms with Gasteiger partial charge < -0.3 is 51.0 Å². The van der Waals surface area contributed by atoms with Crippen molar-refractivity contribution in [1.82, 2.24) is 10.9 Å². The third kappa shape index (κ3) is 31.8. The first kappa shape index (κ1) is 101. The van der Waals surface area contributed by atoms with E-state index in [1.165, 1.54) is 73.4 Å². The van der Waals surface area contributed by atoms with Gasteiger partial charge in [-0.2, -0.15) is 30.6 Å². The van der Waals surface area contributed by atoms with Crippen LogP contribution in [0.25, 0.3) is 18.9 Å². The molecule has 0 saturated carbocycles. The predicted molar refractivity (Wildman–Crippen MR) is 450 cm³/mol. The van der Waals surface area contributed by atoms with Crippen LogP contribution < -0.4 is 21.1 Å². The zero-order valence-corrected chi connectivity index (χ0v) is 69.6. The number of nitrogens with zero attached hydrogens (tertiary/aromatic N) is 10. The number of carbonyl (C=O) groups excluding carboxylic acids is 2. The standard InChI is InChI=1S/2C21H19N3O3S.2C21H18N3O3S.4H2O.2Yb/c4*1-16-11-13-19(14-12-16)28(26,27)24-20-10-6-5-9-18(20)15-22-23-21(25)17-7-3-2-4-8-17;;;;;;/h2*2-15H,1H3,(H2,22,23,24,25);2*2-15H,1H3,(H-,22,23,24,25);4*1H2;;/q;;2*-1;;;;;2*+3/p-4. The van der Waals surface area contributed by atoms with Gasteiger partial charge in [0, 0.05) is 22.9 Å². The molecule has 28 nitrogen and oxygen atoms in total. The number of aryl methyl sites for hydroxylation is 4. The monoisotopic (exact) mass is 1990 g/mol. The number of rotatable bonds is 24. The van der Waals surface area contributed by atoms with Crippen LogP contribution in [0.15, 0.2) is 366 Å². The van der Waals surface area contributed by atoms with Crippen molar-refractivity contribution in [3.8, 4) is 0 Å². The zero-order valence-electron chi connectivity index (χ0n) is 62.9. The fourth-order valence-electron chi connectivity index (χ4n) is 9.48. The Bertz CT molecular complexity index is 5520. The molecule has 10 N–H and O–H groups in total. The summed E-state index contributed by atoms with van der Waals surface area (Å²) in [6.07, 6.45) is 5.35. The van der Waals surface area contributed by atoms with Crippen LogP contribution in [0.4, 0.5) is 22.7 Å². The normalized spacial score (nSPS) is 11.2. The molecule has 0 atom stereocenters. The molecule has 0 aromatic heterocycles. The Balaban J connectivity index is 0.000000400. The molecule has 0 unspecified atom stereocenters. The molecule has 0 saturated heterocycles. The first-order chi connectivity index (χ1) is 53.8. The molecule has 2 amide bonds. The Kier molecular flexibility index (Phi) is 42.9. The molecule has 0 fully saturated rings. The summed E-state index contributed by atoms with van der Waals surface area (Å²) in [6.45, 7) is 7.51. The number of hydrazone groups is 2. The van der Waals surface area contributed by atoms with Crippen molar-refractivity contribution in [2.75, 3.05) is 0 Å². The first-order valence-corrected chi connectivity index (χ1v) is 39.6. The average Bonchev–Trinajstić information content (AvgIpc) is 0.833. The summed E-state index contributed by atoms with van der Waals surface area (Å²) < 4.78 is 116. The fraction of sp³-hybridized carbons (Fsp3) is 0.0476. The molecular weight excluding hydrogens is 1910 g/mol. The van der Waals surface area contributed by atoms with Crippen LogP contribution in [-0.2, 0) is 40.1 Å². The maximum absolute atomic E-state index is 12.6. The van der Waals surface area contributed by atoms with Gasteiger partial charge in [0.2, 0.25) is 0 Å². The predicted octanol–water partition coefficient (Wildman–Crippen LogP) is 12.1. The van der Waals surface area contributed by atoms with Gasteiger partial charge >= 0.3 is 93.8 Å². The third-order valence-electron chi connectivity index (χ3n) is 15.4. The Hall–Kier alpha value is -10.9. The van der Waals surface area contributed by atoms with Crippen LogP contribution in [-0.4, -0.2) is 104 Å². The molecule has 12 rings (SSSR count). The topological polar surface area (TPSA) is 497 Å². The van der Waals surface area contributed by atoms with Crippen LogP contribution >= 0.6 is 0 Å². The van der Waals surface area contributed by atoms with Crippen LogP contribution in [0.2, 0.25) is 0 Å². The van der Waals surface area contributed by atoms with Crippen LogP contribution in [0.1, 0.15) is 76.4 Å². The minimum atomic E-state index is -3.87. The van der Waals surface area contributed by atoms with E-state index >= 15 is 0 Å². The molecule has 0 aliphatic heterocycles. The van der Waals surface area contributed by atoms with Gasteiger partial charge in [-0.25, -0.2) is 44.5 Å². The van der Waals surface area contributed by atoms with Crippen molar-refractivity contribution in [3.63, 3.8) is 0 Å². The number of amides is 2. The average molecular weight is 1990 g/mol. The molecule has 2 radical (unpaired) electrons. The summed E-state index contributed by atoms with van der Waals surface area (Å²) in [4.78, 5) is 24.5. The summed E-state index contributed by atoms with van der Waals surface area (Å²) in [5.41, 5.74) is 13.1. The maximum Gasteiger partial charge on any atom is 3.00 e. The molecule has 12 aromatic rings. The summed E-state index contributed by atoms with van der Waals surface area (Å²) in [5, 5.41) is 46.6. The van der Waals surface area contributed by atoms with E-state index in [2.05, 4.69) is 60.3 Å². The summed E-state index contributed by atoms with van der Waals surface area (Å²) in [7, 11) is -15.5. The first-order valence-electron chi connectivity index (χ1n) is 33.8. The summed E-state index contributed by atoms with van der Waals surface area (Å²) in [5.74, 6) is -1.70. The second-order valence-electron chi connectivity index (χ2n) is 23.9. The number of nitrogens with one attached hydrogen (secondary N) is 2. The molecule has 34 heteroatoms. The second kappa shape index (κ2) is 50.0. The van der Waals surface area contributed by atoms with E-state index in [0.29, 0.717) is 44.5 Å². The molecule has 12 aromatic carbocycles. The fourth-order valence-corrected chi connectivity index (χ4v) is 13.5. The van der Waals surface area contributed by atoms with Gasteiger partial charge in [-0.3, -0.25) is 9.59 Å². The largest absolute Gasteiger partial charge is 3.00 e. The molecule has 0 heterocycles. The number of carbonyl (C=O) groups is 2. The maximum atomic E-state index is 12.6. The van der Waals surface area contributed by atoms with Gasteiger partial charge in [0.25, 0.3) is 11.8 Å². The van der Waals surface area contributed by atoms with Gasteiger partial charge in [0.15, 0.2) is 0 Å². The van der Waals surface area contributed by atoms with Crippen molar-refractivity contribution in [1.29, 1.82) is 0 Å². The van der Waals surface area contributed by atoms with Crippen LogP contribution in [0.3, 0.4) is 0 Å². The Morgan fingerprint density at radius 1 is 0.280 bits per heavy atom. The minimum Gasteiger partial charge on any atom is -0.857 e. The van der Waals surface area contributed by atoms with Gasteiger partial charge in [-0.1, -0.05) is 265 Å². The molecule has 622 valence electrons. The minimum absolute atomic E-state index is 0. The molecule has 0 bridgehead atoms. The molecular formula is C84H78N12O16S4Yb2. The zero-order chi connectivity index (χ0) is 79.9. The van der Waals surface area contributed by atoms with Gasteiger partial charge in [-0.15, -0.1) is 22.7 Å². The van der Waals surface area contributed by atoms with E-state index in [1.54, 1.807) is 255 Å². The third-order valence-corrected chi connectivity index (χ3v) is 20.7. The molecule has 0 aliphatic carbocycles. The Morgan fingerprint density at radius 3 is 0.703 bits per heavy atom. The SMILES string of the molecule is Cc1ccc(S(=O)(=O)[N-]c2ccccc2/C=N/N=C(\[O-])c2ccccc2)cc1.Cc1ccc(S(=O)(=O)[N-]c2ccccc2/C=N/N=C(\[O-])c2ccccc2)cc1.Cc1ccc(S(=O)(=O)[N-]c2ccccc2/C=N/NC(=O)c2ccccc2)cc1.Cc1ccc(S(=O)(=O)[N-]c2ccccc2/C=N/NC(=O)c2ccccc2)cc1.O.O.O.O.[Yb+3].[Yb+3]. The van der Waals surface area contributed by atoms with E-state index in [9.17, 15) is 53.5 Å².